The molecule has 0 saturated heterocycles. The van der Waals surface area contributed by atoms with Gasteiger partial charge in [-0.15, -0.1) is 0 Å². The predicted octanol–water partition coefficient (Wildman–Crippen LogP) is 2.03. The summed E-state index contributed by atoms with van der Waals surface area (Å²) in [6.07, 6.45) is 2.90. The van der Waals surface area contributed by atoms with E-state index in [4.69, 9.17) is 5.11 Å². The second kappa shape index (κ2) is 6.55. The fourth-order valence-electron chi connectivity index (χ4n) is 1.64. The lowest BCUT2D eigenvalue weighted by atomic mass is 10.1. The second-order valence-electron chi connectivity index (χ2n) is 3.91. The van der Waals surface area contributed by atoms with Crippen LogP contribution in [-0.4, -0.2) is 22.7 Å². The Balaban J connectivity index is 2.56. The minimum atomic E-state index is -0.321. The largest absolute Gasteiger partial charge is 0.396 e. The number of pyridine rings is 1. The van der Waals surface area contributed by atoms with E-state index < -0.39 is 0 Å². The van der Waals surface area contributed by atoms with Gasteiger partial charge in [-0.1, -0.05) is 6.92 Å². The van der Waals surface area contributed by atoms with Gasteiger partial charge in [0, 0.05) is 18.7 Å². The minimum Gasteiger partial charge on any atom is -0.396 e. The maximum absolute atomic E-state index is 12.7. The van der Waals surface area contributed by atoms with Gasteiger partial charge in [-0.25, -0.2) is 4.39 Å². The van der Waals surface area contributed by atoms with Crippen molar-refractivity contribution >= 4 is 0 Å². The van der Waals surface area contributed by atoms with Crippen molar-refractivity contribution in [3.05, 3.63) is 29.8 Å². The fourth-order valence-corrected chi connectivity index (χ4v) is 1.64. The number of aromatic nitrogens is 1. The van der Waals surface area contributed by atoms with Crippen LogP contribution in [0.5, 0.6) is 0 Å². The van der Waals surface area contributed by atoms with E-state index in [-0.39, 0.29) is 24.5 Å². The molecule has 2 atom stereocenters. The Morgan fingerprint density at radius 1 is 1.50 bits per heavy atom. The summed E-state index contributed by atoms with van der Waals surface area (Å²) in [5.41, 5.74) is 0.817. The van der Waals surface area contributed by atoms with Gasteiger partial charge in [0.2, 0.25) is 0 Å². The predicted molar refractivity (Wildman–Crippen MR) is 61.5 cm³/mol. The molecule has 1 aromatic rings. The van der Waals surface area contributed by atoms with Crippen molar-refractivity contribution in [3.63, 3.8) is 0 Å². The van der Waals surface area contributed by atoms with Gasteiger partial charge in [-0.05, 0) is 31.9 Å². The summed E-state index contributed by atoms with van der Waals surface area (Å²) in [6, 6.07) is 3.43. The van der Waals surface area contributed by atoms with Crippen LogP contribution in [-0.2, 0) is 0 Å². The summed E-state index contributed by atoms with van der Waals surface area (Å²) in [5, 5.41) is 12.2. The molecule has 2 N–H and O–H groups in total. The van der Waals surface area contributed by atoms with Crippen molar-refractivity contribution < 1.29 is 9.50 Å². The topological polar surface area (TPSA) is 45.1 Å². The number of hydrogen-bond donors (Lipinski definition) is 2. The van der Waals surface area contributed by atoms with E-state index in [1.165, 1.54) is 12.3 Å². The van der Waals surface area contributed by atoms with E-state index in [0.29, 0.717) is 0 Å². The maximum Gasteiger partial charge on any atom is 0.141 e. The summed E-state index contributed by atoms with van der Waals surface area (Å²) in [5.74, 6) is -0.321. The van der Waals surface area contributed by atoms with E-state index in [1.54, 1.807) is 6.07 Å². The first kappa shape index (κ1) is 13.1. The van der Waals surface area contributed by atoms with Crippen LogP contribution in [0.3, 0.4) is 0 Å². The van der Waals surface area contributed by atoms with Crippen molar-refractivity contribution in [2.45, 2.75) is 38.8 Å². The van der Waals surface area contributed by atoms with Gasteiger partial charge in [0.1, 0.15) is 5.82 Å². The number of nitrogens with one attached hydrogen (secondary N) is 1. The first-order valence-electron chi connectivity index (χ1n) is 5.65. The van der Waals surface area contributed by atoms with E-state index in [9.17, 15) is 4.39 Å². The average Bonchev–Trinajstić information content (AvgIpc) is 2.29. The lowest BCUT2D eigenvalue weighted by molar-refractivity contribution is 0.256. The number of aliphatic hydroxyl groups is 1. The number of hydrogen-bond acceptors (Lipinski definition) is 3. The van der Waals surface area contributed by atoms with Gasteiger partial charge in [0.15, 0.2) is 0 Å². The molecule has 0 aliphatic rings. The monoisotopic (exact) mass is 226 g/mol. The molecule has 90 valence electrons. The van der Waals surface area contributed by atoms with Crippen LogP contribution in [0.2, 0.25) is 0 Å². The molecule has 0 aliphatic carbocycles. The maximum atomic E-state index is 12.7. The van der Waals surface area contributed by atoms with E-state index in [1.807, 2.05) is 6.92 Å². The van der Waals surface area contributed by atoms with Crippen LogP contribution in [0.15, 0.2) is 18.3 Å². The van der Waals surface area contributed by atoms with E-state index in [2.05, 4.69) is 17.2 Å². The SMILES string of the molecule is CCC(CCO)NC(C)c1ccc(F)cn1. The lowest BCUT2D eigenvalue weighted by Gasteiger charge is -2.21. The molecular formula is C12H19FN2O. The Kier molecular flexibility index (Phi) is 5.35. The Hall–Kier alpha value is -1.00. The molecule has 0 radical (unpaired) electrons. The Morgan fingerprint density at radius 2 is 2.25 bits per heavy atom. The Bertz CT molecular complexity index is 302. The molecule has 2 unspecified atom stereocenters. The Morgan fingerprint density at radius 3 is 2.75 bits per heavy atom. The van der Waals surface area contributed by atoms with Crippen molar-refractivity contribution in [2.75, 3.05) is 6.61 Å². The third-order valence-corrected chi connectivity index (χ3v) is 2.65. The lowest BCUT2D eigenvalue weighted by Crippen LogP contribution is -2.32. The first-order chi connectivity index (χ1) is 7.67. The molecule has 0 aromatic carbocycles. The summed E-state index contributed by atoms with van der Waals surface area (Å²) < 4.78 is 12.7. The standard InChI is InChI=1S/C12H19FN2O/c1-3-11(6-7-16)15-9(2)12-5-4-10(13)8-14-12/h4-5,8-9,11,15-16H,3,6-7H2,1-2H3. The highest BCUT2D eigenvalue weighted by molar-refractivity contribution is 5.09. The molecule has 3 nitrogen and oxygen atoms in total. The highest BCUT2D eigenvalue weighted by Gasteiger charge is 2.12. The van der Waals surface area contributed by atoms with Crippen LogP contribution in [0.25, 0.3) is 0 Å². The first-order valence-corrected chi connectivity index (χ1v) is 5.65. The molecule has 0 bridgehead atoms. The van der Waals surface area contributed by atoms with Gasteiger partial charge in [-0.3, -0.25) is 4.98 Å². The molecule has 0 amide bonds. The smallest absolute Gasteiger partial charge is 0.141 e. The van der Waals surface area contributed by atoms with Gasteiger partial charge in [0.25, 0.3) is 0 Å². The summed E-state index contributed by atoms with van der Waals surface area (Å²) in [7, 11) is 0. The molecule has 0 spiro atoms. The number of rotatable bonds is 6. The molecule has 0 saturated carbocycles. The molecule has 1 heterocycles. The number of aliphatic hydroxyl groups excluding tert-OH is 1. The van der Waals surface area contributed by atoms with E-state index >= 15 is 0 Å². The van der Waals surface area contributed by atoms with Crippen LogP contribution in [0.4, 0.5) is 4.39 Å². The van der Waals surface area contributed by atoms with Crippen molar-refractivity contribution in [3.8, 4) is 0 Å². The van der Waals surface area contributed by atoms with Gasteiger partial charge >= 0.3 is 0 Å². The fraction of sp³-hybridized carbons (Fsp3) is 0.583. The third kappa shape index (κ3) is 3.87. The second-order valence-corrected chi connectivity index (χ2v) is 3.91. The third-order valence-electron chi connectivity index (χ3n) is 2.65. The summed E-state index contributed by atoms with van der Waals surface area (Å²) in [6.45, 7) is 4.23. The summed E-state index contributed by atoms with van der Waals surface area (Å²) in [4.78, 5) is 4.03. The zero-order valence-corrected chi connectivity index (χ0v) is 9.78. The molecule has 4 heteroatoms. The van der Waals surface area contributed by atoms with Crippen LogP contribution >= 0.6 is 0 Å². The molecule has 1 aromatic heterocycles. The van der Waals surface area contributed by atoms with Crippen LogP contribution < -0.4 is 5.32 Å². The highest BCUT2D eigenvalue weighted by atomic mass is 19.1. The van der Waals surface area contributed by atoms with Crippen molar-refractivity contribution in [1.82, 2.24) is 10.3 Å². The number of halogens is 1. The number of nitrogens with zero attached hydrogens (tertiary/aromatic N) is 1. The van der Waals surface area contributed by atoms with Gasteiger partial charge < -0.3 is 10.4 Å². The molecular weight excluding hydrogens is 207 g/mol. The molecule has 0 fully saturated rings. The highest BCUT2D eigenvalue weighted by Crippen LogP contribution is 2.12. The molecule has 0 aliphatic heterocycles. The summed E-state index contributed by atoms with van der Waals surface area (Å²) >= 11 is 0. The minimum absolute atomic E-state index is 0.0668. The van der Waals surface area contributed by atoms with Crippen molar-refractivity contribution in [1.29, 1.82) is 0 Å². The van der Waals surface area contributed by atoms with Gasteiger partial charge in [-0.2, -0.15) is 0 Å². The average molecular weight is 226 g/mol. The van der Waals surface area contributed by atoms with Crippen LogP contribution in [0.1, 0.15) is 38.4 Å². The zero-order valence-electron chi connectivity index (χ0n) is 9.78. The zero-order chi connectivity index (χ0) is 12.0. The van der Waals surface area contributed by atoms with Crippen molar-refractivity contribution in [2.24, 2.45) is 0 Å². The molecule has 16 heavy (non-hydrogen) atoms. The quantitative estimate of drug-likeness (QED) is 0.780. The van der Waals surface area contributed by atoms with Crippen LogP contribution in [0, 0.1) is 5.82 Å². The van der Waals surface area contributed by atoms with Gasteiger partial charge in [0.05, 0.1) is 11.9 Å². The van der Waals surface area contributed by atoms with E-state index in [0.717, 1.165) is 18.5 Å². The Labute approximate surface area is 95.7 Å². The molecule has 1 rings (SSSR count). The normalized spacial score (nSPS) is 14.8.